The van der Waals surface area contributed by atoms with E-state index in [9.17, 15) is 4.79 Å². The lowest BCUT2D eigenvalue weighted by atomic mass is 10.2. The van der Waals surface area contributed by atoms with Crippen molar-refractivity contribution in [3.8, 4) is 0 Å². The van der Waals surface area contributed by atoms with Gasteiger partial charge >= 0.3 is 5.97 Å². The van der Waals surface area contributed by atoms with Crippen LogP contribution in [0.4, 0.5) is 5.69 Å². The SMILES string of the molecule is Nc1cccc(SCc2ccc(C(=O)O)cn2)c1. The van der Waals surface area contributed by atoms with Crippen molar-refractivity contribution in [1.29, 1.82) is 0 Å². The first-order valence-corrected chi connectivity index (χ1v) is 6.30. The highest BCUT2D eigenvalue weighted by molar-refractivity contribution is 7.98. The minimum atomic E-state index is -0.961. The molecule has 0 fully saturated rings. The molecule has 0 amide bonds. The van der Waals surface area contributed by atoms with Crippen molar-refractivity contribution >= 4 is 23.4 Å². The fraction of sp³-hybridized carbons (Fsp3) is 0.0769. The molecule has 0 aliphatic heterocycles. The summed E-state index contributed by atoms with van der Waals surface area (Å²) in [5, 5.41) is 8.76. The van der Waals surface area contributed by atoms with Crippen LogP contribution in [0.2, 0.25) is 0 Å². The van der Waals surface area contributed by atoms with E-state index in [0.29, 0.717) is 5.75 Å². The van der Waals surface area contributed by atoms with Gasteiger partial charge in [-0.3, -0.25) is 4.98 Å². The van der Waals surface area contributed by atoms with Gasteiger partial charge in [0.2, 0.25) is 0 Å². The molecule has 1 aromatic carbocycles. The zero-order valence-electron chi connectivity index (χ0n) is 9.54. The van der Waals surface area contributed by atoms with Crippen molar-refractivity contribution in [2.45, 2.75) is 10.6 Å². The Hall–Kier alpha value is -2.01. The third-order valence-corrected chi connectivity index (χ3v) is 3.34. The monoisotopic (exact) mass is 260 g/mol. The molecule has 0 saturated carbocycles. The molecule has 0 radical (unpaired) electrons. The largest absolute Gasteiger partial charge is 0.478 e. The van der Waals surface area contributed by atoms with Crippen molar-refractivity contribution in [2.75, 3.05) is 5.73 Å². The van der Waals surface area contributed by atoms with Crippen molar-refractivity contribution in [3.63, 3.8) is 0 Å². The second kappa shape index (κ2) is 5.55. The number of carboxylic acid groups (broad SMARTS) is 1. The zero-order valence-corrected chi connectivity index (χ0v) is 10.4. The van der Waals surface area contributed by atoms with E-state index in [1.54, 1.807) is 23.9 Å². The molecule has 0 spiro atoms. The smallest absolute Gasteiger partial charge is 0.337 e. The van der Waals surface area contributed by atoms with Gasteiger partial charge in [-0.2, -0.15) is 0 Å². The highest BCUT2D eigenvalue weighted by Gasteiger charge is 2.03. The number of nitrogen functional groups attached to an aromatic ring is 1. The second-order valence-corrected chi connectivity index (χ2v) is 4.75. The summed E-state index contributed by atoms with van der Waals surface area (Å²) in [5.74, 6) is -0.277. The lowest BCUT2D eigenvalue weighted by molar-refractivity contribution is 0.0696. The standard InChI is InChI=1S/C13H12N2O2S/c14-10-2-1-3-12(6-10)18-8-11-5-4-9(7-15-11)13(16)17/h1-7H,8,14H2,(H,16,17). The minimum Gasteiger partial charge on any atom is -0.478 e. The fourth-order valence-corrected chi connectivity index (χ4v) is 2.28. The van der Waals surface area contributed by atoms with Crippen LogP contribution in [0.25, 0.3) is 0 Å². The maximum Gasteiger partial charge on any atom is 0.337 e. The maximum absolute atomic E-state index is 10.7. The normalized spacial score (nSPS) is 10.2. The summed E-state index contributed by atoms with van der Waals surface area (Å²) in [6, 6.07) is 10.9. The number of aromatic nitrogens is 1. The molecule has 0 bridgehead atoms. The van der Waals surface area contributed by atoms with Crippen LogP contribution in [0.5, 0.6) is 0 Å². The van der Waals surface area contributed by atoms with Gasteiger partial charge in [0.25, 0.3) is 0 Å². The van der Waals surface area contributed by atoms with E-state index in [2.05, 4.69) is 4.98 Å². The highest BCUT2D eigenvalue weighted by Crippen LogP contribution is 2.23. The lowest BCUT2D eigenvalue weighted by Crippen LogP contribution is -1.98. The molecule has 1 heterocycles. The van der Waals surface area contributed by atoms with Gasteiger partial charge in [0.1, 0.15) is 0 Å². The van der Waals surface area contributed by atoms with Crippen LogP contribution in [0, 0.1) is 0 Å². The minimum absolute atomic E-state index is 0.202. The van der Waals surface area contributed by atoms with Crippen molar-refractivity contribution in [1.82, 2.24) is 4.98 Å². The number of benzene rings is 1. The Morgan fingerprint density at radius 1 is 1.33 bits per heavy atom. The molecule has 0 aliphatic carbocycles. The van der Waals surface area contributed by atoms with Crippen LogP contribution >= 0.6 is 11.8 Å². The molecular formula is C13H12N2O2S. The number of nitrogens with zero attached hydrogens (tertiary/aromatic N) is 1. The van der Waals surface area contributed by atoms with E-state index < -0.39 is 5.97 Å². The van der Waals surface area contributed by atoms with E-state index in [1.807, 2.05) is 24.3 Å². The Bertz CT molecular complexity index is 555. The molecular weight excluding hydrogens is 248 g/mol. The van der Waals surface area contributed by atoms with Gasteiger partial charge in [0.15, 0.2) is 0 Å². The Labute approximate surface area is 109 Å². The summed E-state index contributed by atoms with van der Waals surface area (Å²) in [4.78, 5) is 15.8. The first kappa shape index (κ1) is 12.4. The number of rotatable bonds is 4. The number of anilines is 1. The maximum atomic E-state index is 10.7. The summed E-state index contributed by atoms with van der Waals surface area (Å²) in [7, 11) is 0. The van der Waals surface area contributed by atoms with Gasteiger partial charge in [0, 0.05) is 22.5 Å². The molecule has 2 aromatic rings. The van der Waals surface area contributed by atoms with E-state index in [4.69, 9.17) is 10.8 Å². The van der Waals surface area contributed by atoms with Crippen LogP contribution in [0.15, 0.2) is 47.5 Å². The molecule has 3 N–H and O–H groups in total. The lowest BCUT2D eigenvalue weighted by Gasteiger charge is -2.03. The van der Waals surface area contributed by atoms with Gasteiger partial charge in [-0.05, 0) is 30.3 Å². The van der Waals surface area contributed by atoms with Gasteiger partial charge in [-0.1, -0.05) is 6.07 Å². The number of nitrogens with two attached hydrogens (primary N) is 1. The van der Waals surface area contributed by atoms with Gasteiger partial charge < -0.3 is 10.8 Å². The Kier molecular flexibility index (Phi) is 3.84. The average Bonchev–Trinajstić information content (AvgIpc) is 2.37. The predicted molar refractivity (Wildman–Crippen MR) is 71.6 cm³/mol. The summed E-state index contributed by atoms with van der Waals surface area (Å²) < 4.78 is 0. The van der Waals surface area contributed by atoms with Crippen LogP contribution in [-0.2, 0) is 5.75 Å². The summed E-state index contributed by atoms with van der Waals surface area (Å²) >= 11 is 1.61. The number of hydrogen-bond acceptors (Lipinski definition) is 4. The number of thioether (sulfide) groups is 1. The third kappa shape index (κ3) is 3.24. The van der Waals surface area contributed by atoms with Gasteiger partial charge in [-0.25, -0.2) is 4.79 Å². The van der Waals surface area contributed by atoms with Crippen molar-refractivity contribution in [3.05, 3.63) is 53.9 Å². The van der Waals surface area contributed by atoms with Crippen LogP contribution in [0.3, 0.4) is 0 Å². The highest BCUT2D eigenvalue weighted by atomic mass is 32.2. The van der Waals surface area contributed by atoms with Crippen molar-refractivity contribution in [2.24, 2.45) is 0 Å². The average molecular weight is 260 g/mol. The van der Waals surface area contributed by atoms with Crippen LogP contribution in [-0.4, -0.2) is 16.1 Å². The third-order valence-electron chi connectivity index (χ3n) is 2.32. The number of aromatic carboxylic acids is 1. The van der Waals surface area contributed by atoms with E-state index >= 15 is 0 Å². The Morgan fingerprint density at radius 2 is 2.17 bits per heavy atom. The topological polar surface area (TPSA) is 76.2 Å². The first-order chi connectivity index (χ1) is 8.65. The van der Waals surface area contributed by atoms with E-state index in [1.165, 1.54) is 6.20 Å². The quantitative estimate of drug-likeness (QED) is 0.653. The second-order valence-electron chi connectivity index (χ2n) is 3.70. The van der Waals surface area contributed by atoms with Crippen LogP contribution in [0.1, 0.15) is 16.1 Å². The number of hydrogen-bond donors (Lipinski definition) is 2. The number of carboxylic acids is 1. The van der Waals surface area contributed by atoms with Crippen molar-refractivity contribution < 1.29 is 9.90 Å². The molecule has 0 aliphatic rings. The van der Waals surface area contributed by atoms with E-state index in [-0.39, 0.29) is 5.56 Å². The molecule has 5 heteroatoms. The number of carbonyl (C=O) groups is 1. The molecule has 0 atom stereocenters. The molecule has 92 valence electrons. The first-order valence-electron chi connectivity index (χ1n) is 5.32. The van der Waals surface area contributed by atoms with Gasteiger partial charge in [0.05, 0.1) is 11.3 Å². The Morgan fingerprint density at radius 3 is 2.78 bits per heavy atom. The molecule has 2 rings (SSSR count). The van der Waals surface area contributed by atoms with Gasteiger partial charge in [-0.15, -0.1) is 11.8 Å². The summed E-state index contributed by atoms with van der Waals surface area (Å²) in [6.45, 7) is 0. The predicted octanol–water partition coefficient (Wildman–Crippen LogP) is 2.65. The van der Waals surface area contributed by atoms with Crippen LogP contribution < -0.4 is 5.73 Å². The molecule has 1 aromatic heterocycles. The Balaban J connectivity index is 2.00. The zero-order chi connectivity index (χ0) is 13.0. The molecule has 18 heavy (non-hydrogen) atoms. The molecule has 0 unspecified atom stereocenters. The summed E-state index contributed by atoms with van der Waals surface area (Å²) in [5.41, 5.74) is 7.46. The molecule has 0 saturated heterocycles. The molecule has 4 nitrogen and oxygen atoms in total. The van der Waals surface area contributed by atoms with E-state index in [0.717, 1.165) is 16.3 Å². The fourth-order valence-electron chi connectivity index (χ4n) is 1.40. The number of pyridine rings is 1. The summed E-state index contributed by atoms with van der Waals surface area (Å²) in [6.07, 6.45) is 1.37.